The lowest BCUT2D eigenvalue weighted by Gasteiger charge is -2.32. The average Bonchev–Trinajstić information content (AvgIpc) is 2.26. The molecule has 98 valence electrons. The van der Waals surface area contributed by atoms with Crippen LogP contribution in [0.15, 0.2) is 0 Å². The van der Waals surface area contributed by atoms with Gasteiger partial charge in [0.2, 0.25) is 0 Å². The first-order valence-corrected chi connectivity index (χ1v) is 5.72. The van der Waals surface area contributed by atoms with Crippen molar-refractivity contribution in [3.63, 3.8) is 0 Å². The van der Waals surface area contributed by atoms with E-state index in [2.05, 4.69) is 10.6 Å². The molecule has 0 aliphatic rings. The summed E-state index contributed by atoms with van der Waals surface area (Å²) < 4.78 is 0. The van der Waals surface area contributed by atoms with Crippen molar-refractivity contribution in [3.8, 4) is 0 Å². The van der Waals surface area contributed by atoms with Gasteiger partial charge in [0, 0.05) is 13.1 Å². The molecule has 0 rings (SSSR count). The maximum absolute atomic E-state index is 11.8. The van der Waals surface area contributed by atoms with Crippen LogP contribution in [0.2, 0.25) is 0 Å². The van der Waals surface area contributed by atoms with Gasteiger partial charge in [0.15, 0.2) is 0 Å². The molecule has 0 atom stereocenters. The van der Waals surface area contributed by atoms with Crippen molar-refractivity contribution in [1.29, 1.82) is 0 Å². The van der Waals surface area contributed by atoms with Gasteiger partial charge in [0.25, 0.3) is 0 Å². The Bertz CT molecular complexity index is 290. The van der Waals surface area contributed by atoms with E-state index in [1.54, 1.807) is 6.92 Å². The molecule has 6 nitrogen and oxygen atoms in total. The summed E-state index contributed by atoms with van der Waals surface area (Å²) in [6.45, 7) is 7.53. The van der Waals surface area contributed by atoms with Crippen molar-refractivity contribution >= 4 is 18.3 Å². The van der Waals surface area contributed by atoms with Crippen molar-refractivity contribution in [3.05, 3.63) is 0 Å². The highest BCUT2D eigenvalue weighted by Gasteiger charge is 2.35. The molecule has 0 spiro atoms. The Morgan fingerprint density at radius 2 is 1.71 bits per heavy atom. The Balaban J connectivity index is 4.91. The molecule has 6 heteroatoms. The summed E-state index contributed by atoms with van der Waals surface area (Å²) in [7, 11) is 0. The quantitative estimate of drug-likeness (QED) is 0.710. The van der Waals surface area contributed by atoms with Crippen molar-refractivity contribution in [2.75, 3.05) is 13.1 Å². The molecule has 4 amide bonds. The molecule has 0 radical (unpaired) electrons. The van der Waals surface area contributed by atoms with E-state index in [0.717, 1.165) is 11.3 Å². The van der Waals surface area contributed by atoms with Gasteiger partial charge in [-0.3, -0.25) is 0 Å². The van der Waals surface area contributed by atoms with Crippen LogP contribution >= 0.6 is 0 Å². The Morgan fingerprint density at radius 3 is 2.12 bits per heavy atom. The van der Waals surface area contributed by atoms with Gasteiger partial charge in [-0.25, -0.2) is 14.5 Å². The molecule has 0 aliphatic heterocycles. The van der Waals surface area contributed by atoms with E-state index in [1.807, 2.05) is 6.92 Å². The third-order valence-corrected chi connectivity index (χ3v) is 2.13. The minimum Gasteiger partial charge on any atom is -0.338 e. The summed E-state index contributed by atoms with van der Waals surface area (Å²) in [6.07, 6.45) is 1.34. The predicted octanol–water partition coefficient (Wildman–Crippen LogP) is 1.11. The van der Waals surface area contributed by atoms with Crippen LogP contribution < -0.4 is 10.6 Å². The molecular formula is C11H21N3O3. The Labute approximate surface area is 102 Å². The Morgan fingerprint density at radius 1 is 1.18 bits per heavy atom. The third kappa shape index (κ3) is 4.42. The van der Waals surface area contributed by atoms with Crippen molar-refractivity contribution in [1.82, 2.24) is 15.5 Å². The second kappa shape index (κ2) is 6.88. The molecule has 0 aromatic heterocycles. The first-order chi connectivity index (χ1) is 7.90. The molecule has 0 aromatic carbocycles. The van der Waals surface area contributed by atoms with Crippen LogP contribution in [0.1, 0.15) is 34.1 Å². The van der Waals surface area contributed by atoms with Gasteiger partial charge < -0.3 is 15.4 Å². The highest BCUT2D eigenvalue weighted by molar-refractivity contribution is 5.97. The van der Waals surface area contributed by atoms with Crippen molar-refractivity contribution in [2.45, 2.75) is 39.7 Å². The van der Waals surface area contributed by atoms with Crippen LogP contribution in [0.3, 0.4) is 0 Å². The smallest absolute Gasteiger partial charge is 0.326 e. The monoisotopic (exact) mass is 243 g/mol. The molecule has 0 saturated heterocycles. The average molecular weight is 243 g/mol. The van der Waals surface area contributed by atoms with Crippen LogP contribution in [-0.2, 0) is 4.79 Å². The lowest BCUT2D eigenvalue weighted by atomic mass is 10.1. The van der Waals surface area contributed by atoms with Gasteiger partial charge in [0.1, 0.15) is 11.8 Å². The Hall–Kier alpha value is -1.59. The topological polar surface area (TPSA) is 78.5 Å². The van der Waals surface area contributed by atoms with E-state index in [0.29, 0.717) is 19.4 Å². The molecule has 0 bridgehead atoms. The number of hydrogen-bond donors (Lipinski definition) is 2. The summed E-state index contributed by atoms with van der Waals surface area (Å²) in [4.78, 5) is 35.4. The van der Waals surface area contributed by atoms with E-state index in [-0.39, 0.29) is 0 Å². The van der Waals surface area contributed by atoms with Crippen LogP contribution in [0.4, 0.5) is 9.59 Å². The van der Waals surface area contributed by atoms with Crippen LogP contribution in [-0.4, -0.2) is 41.9 Å². The molecule has 2 N–H and O–H groups in total. The fraction of sp³-hybridized carbons (Fsp3) is 0.727. The zero-order valence-corrected chi connectivity index (χ0v) is 10.9. The molecule has 0 heterocycles. The van der Waals surface area contributed by atoms with Gasteiger partial charge in [-0.15, -0.1) is 0 Å². The number of aldehydes is 1. The van der Waals surface area contributed by atoms with Crippen LogP contribution in [0.25, 0.3) is 0 Å². The van der Waals surface area contributed by atoms with Gasteiger partial charge in [-0.1, -0.05) is 6.92 Å². The number of nitrogens with one attached hydrogen (secondary N) is 2. The summed E-state index contributed by atoms with van der Waals surface area (Å²) in [6, 6.07) is -1.13. The molecular weight excluding hydrogens is 222 g/mol. The zero-order valence-electron chi connectivity index (χ0n) is 10.9. The minimum absolute atomic E-state index is 0.394. The number of hydrogen-bond acceptors (Lipinski definition) is 3. The highest BCUT2D eigenvalue weighted by Crippen LogP contribution is 2.12. The highest BCUT2D eigenvalue weighted by atomic mass is 16.2. The molecule has 0 aliphatic carbocycles. The minimum atomic E-state index is -1.17. The molecule has 0 saturated carbocycles. The van der Waals surface area contributed by atoms with Crippen molar-refractivity contribution < 1.29 is 14.4 Å². The number of carbonyl (C=O) groups excluding carboxylic acids is 3. The number of carbonyl (C=O) groups is 3. The second-order valence-electron chi connectivity index (χ2n) is 4.17. The lowest BCUT2D eigenvalue weighted by molar-refractivity contribution is -0.114. The van der Waals surface area contributed by atoms with Gasteiger partial charge in [-0.05, 0) is 27.2 Å². The van der Waals surface area contributed by atoms with Gasteiger partial charge >= 0.3 is 12.1 Å². The molecule has 17 heavy (non-hydrogen) atoms. The first kappa shape index (κ1) is 15.4. The SMILES string of the molecule is CCCNC(=O)N(C(=O)NCC)C(C)(C)C=O. The summed E-state index contributed by atoms with van der Waals surface area (Å²) >= 11 is 0. The fourth-order valence-electron chi connectivity index (χ4n) is 1.21. The summed E-state index contributed by atoms with van der Waals surface area (Å²) in [5.74, 6) is 0. The largest absolute Gasteiger partial charge is 0.338 e. The maximum Gasteiger partial charge on any atom is 0.326 e. The standard InChI is InChI=1S/C11H21N3O3/c1-5-7-13-10(17)14(9(16)12-6-2)11(3,4)8-15/h8H,5-7H2,1-4H3,(H,12,16)(H,13,17). The summed E-state index contributed by atoms with van der Waals surface area (Å²) in [5.41, 5.74) is -1.17. The predicted molar refractivity (Wildman–Crippen MR) is 64.7 cm³/mol. The molecule has 0 aromatic rings. The fourth-order valence-corrected chi connectivity index (χ4v) is 1.21. The number of rotatable bonds is 5. The van der Waals surface area contributed by atoms with Crippen molar-refractivity contribution in [2.24, 2.45) is 0 Å². The van der Waals surface area contributed by atoms with E-state index in [4.69, 9.17) is 0 Å². The van der Waals surface area contributed by atoms with E-state index < -0.39 is 17.6 Å². The third-order valence-electron chi connectivity index (χ3n) is 2.13. The second-order valence-corrected chi connectivity index (χ2v) is 4.17. The molecule has 0 fully saturated rings. The van der Waals surface area contributed by atoms with E-state index in [1.165, 1.54) is 13.8 Å². The number of urea groups is 2. The molecule has 0 unspecified atom stereocenters. The maximum atomic E-state index is 11.8. The number of imide groups is 1. The van der Waals surface area contributed by atoms with Crippen LogP contribution in [0, 0.1) is 0 Å². The van der Waals surface area contributed by atoms with Crippen LogP contribution in [0.5, 0.6) is 0 Å². The van der Waals surface area contributed by atoms with Gasteiger partial charge in [-0.2, -0.15) is 0 Å². The number of nitrogens with zero attached hydrogens (tertiary/aromatic N) is 1. The summed E-state index contributed by atoms with van der Waals surface area (Å²) in [5, 5.41) is 5.09. The van der Waals surface area contributed by atoms with Gasteiger partial charge in [0.05, 0.1) is 0 Å². The zero-order chi connectivity index (χ0) is 13.5. The lowest BCUT2D eigenvalue weighted by Crippen LogP contribution is -2.58. The normalized spacial score (nSPS) is 10.6. The first-order valence-electron chi connectivity index (χ1n) is 5.72. The number of amides is 4. The van der Waals surface area contributed by atoms with E-state index in [9.17, 15) is 14.4 Å². The van der Waals surface area contributed by atoms with E-state index >= 15 is 0 Å². The Kier molecular flexibility index (Phi) is 6.23.